The number of rotatable bonds is 40. The van der Waals surface area contributed by atoms with Crippen LogP contribution < -0.4 is 47.1 Å². The number of nitrogens with one attached hydrogen (secondary N) is 1. The highest BCUT2D eigenvalue weighted by Crippen LogP contribution is 2.36. The molecule has 1 fully saturated rings. The molecule has 0 amide bonds. The van der Waals surface area contributed by atoms with Crippen LogP contribution in [0.3, 0.4) is 0 Å². The third-order valence-corrected chi connectivity index (χ3v) is 45.4. The van der Waals surface area contributed by atoms with E-state index in [9.17, 15) is 0 Å². The van der Waals surface area contributed by atoms with Gasteiger partial charge < -0.3 is 0 Å². The van der Waals surface area contributed by atoms with Crippen LogP contribution in [0, 0.1) is 0 Å². The van der Waals surface area contributed by atoms with Crippen LogP contribution in [0.25, 0.3) is 0 Å². The molecule has 80 heavy (non-hydrogen) atoms. The average Bonchev–Trinajstić information content (AvgIpc) is 3.77. The molecule has 1 N–H and O–H groups in total. The first-order valence-electron chi connectivity index (χ1n) is 34.8. The molecule has 0 aromatic heterocycles. The molecule has 0 bridgehead atoms. The van der Waals surface area contributed by atoms with Crippen molar-refractivity contribution in [2.45, 2.75) is 316 Å². The van der Waals surface area contributed by atoms with Gasteiger partial charge in [0.05, 0.1) is 32.3 Å². The zero-order valence-corrected chi connectivity index (χ0v) is 60.6. The smallest absolute Gasteiger partial charge is 0.0867 e. The molecule has 0 radical (unpaired) electrons. The Morgan fingerprint density at radius 3 is 0.900 bits per heavy atom. The van der Waals surface area contributed by atoms with Crippen molar-refractivity contribution in [2.24, 2.45) is 0 Å². The topological polar surface area (TPSA) is 12.0 Å². The van der Waals surface area contributed by atoms with Gasteiger partial charge in [0.25, 0.3) is 0 Å². The van der Waals surface area contributed by atoms with Gasteiger partial charge in [0, 0.05) is 14.1 Å². The molecule has 4 aromatic carbocycles. The van der Waals surface area contributed by atoms with Crippen molar-refractivity contribution in [3.8, 4) is 0 Å². The van der Waals surface area contributed by atoms with Crippen molar-refractivity contribution in [2.75, 3.05) is 0 Å². The van der Waals surface area contributed by atoms with Crippen molar-refractivity contribution >= 4 is 90.9 Å². The van der Waals surface area contributed by atoms with Gasteiger partial charge in [0.1, 0.15) is 0 Å². The Bertz CT molecular complexity index is 2000. The molecule has 0 aliphatic heterocycles. The van der Waals surface area contributed by atoms with Gasteiger partial charge in [-0.05, 0) is 34.1 Å². The third-order valence-electron chi connectivity index (χ3n) is 19.3. The molecule has 0 heterocycles. The van der Waals surface area contributed by atoms with Crippen LogP contribution in [0.2, 0.25) is 72.5 Å². The van der Waals surface area contributed by atoms with E-state index in [1.54, 1.807) is 42.0 Å². The molecule has 1 aliphatic rings. The van der Waals surface area contributed by atoms with Crippen molar-refractivity contribution in [3.05, 3.63) is 97.1 Å². The highest BCUT2D eigenvalue weighted by molar-refractivity contribution is 7.71. The monoisotopic (exact) mass is 1190 g/mol. The summed E-state index contributed by atoms with van der Waals surface area (Å²) in [7, 11) is -5.71. The van der Waals surface area contributed by atoms with E-state index >= 15 is 0 Å². The first-order chi connectivity index (χ1) is 39.0. The summed E-state index contributed by atoms with van der Waals surface area (Å²) in [6.45, 7) is 28.8. The normalized spacial score (nSPS) is 13.9. The van der Waals surface area contributed by atoms with Crippen LogP contribution in [0.15, 0.2) is 97.1 Å². The zero-order chi connectivity index (χ0) is 58.0. The molecule has 0 spiro atoms. The number of hydrogen-bond acceptors (Lipinski definition) is 1. The van der Waals surface area contributed by atoms with Crippen LogP contribution >= 0.6 is 16.7 Å². The average molecular weight is 1190 g/mol. The lowest BCUT2D eigenvalue weighted by atomic mass is 10.1. The van der Waals surface area contributed by atoms with Crippen LogP contribution in [-0.2, 0) is 0 Å². The minimum atomic E-state index is -1.57. The van der Waals surface area contributed by atoms with E-state index in [0.717, 1.165) is 8.58 Å². The van der Waals surface area contributed by atoms with E-state index in [1.165, 1.54) is 227 Å². The van der Waals surface area contributed by atoms with Gasteiger partial charge in [-0.2, -0.15) is 0 Å². The van der Waals surface area contributed by atoms with Gasteiger partial charge in [-0.3, -0.25) is 5.09 Å². The second-order valence-corrected chi connectivity index (χ2v) is 47.7. The fourth-order valence-electron chi connectivity index (χ4n) is 15.1. The lowest BCUT2D eigenvalue weighted by Gasteiger charge is -2.35. The van der Waals surface area contributed by atoms with Crippen LogP contribution in [0.1, 0.15) is 237 Å². The largest absolute Gasteiger partial charge is 0.285 e. The Balaban J connectivity index is 0.000000367. The number of unbranched alkanes of at least 4 members (excludes halogenated alkanes) is 6. The molecule has 0 saturated heterocycles. The third kappa shape index (κ3) is 21.8. The maximum atomic E-state index is 4.44. The molecular weight excluding hydrogens is 1070 g/mol. The maximum Gasteiger partial charge on any atom is 0.0867 e. The number of benzene rings is 4. The molecule has 0 unspecified atom stereocenters. The first-order valence-corrected chi connectivity index (χ1v) is 47.6. The lowest BCUT2D eigenvalue weighted by Crippen LogP contribution is -2.49. The Kier molecular flexibility index (Phi) is 35.6. The van der Waals surface area contributed by atoms with Crippen molar-refractivity contribution in [1.29, 1.82) is 0 Å². The minimum Gasteiger partial charge on any atom is -0.285 e. The van der Waals surface area contributed by atoms with E-state index in [4.69, 9.17) is 0 Å². The molecule has 7 heteroatoms. The van der Waals surface area contributed by atoms with Gasteiger partial charge in [0.15, 0.2) is 0 Å². The van der Waals surface area contributed by atoms with E-state index in [0.29, 0.717) is 6.04 Å². The Labute approximate surface area is 505 Å². The Hall–Kier alpha value is -1.43. The summed E-state index contributed by atoms with van der Waals surface area (Å²) in [6.07, 6.45) is 32.7. The van der Waals surface area contributed by atoms with Crippen molar-refractivity contribution in [3.63, 3.8) is 0 Å². The predicted molar refractivity (Wildman–Crippen MR) is 385 cm³/mol. The second-order valence-electron chi connectivity index (χ2n) is 25.8. The van der Waals surface area contributed by atoms with E-state index in [2.05, 4.69) is 185 Å². The quantitative estimate of drug-likeness (QED) is 0.0266. The second kappa shape index (κ2) is 40.0. The standard InChI is InChI=1S/C43H76NPSi2.C30H51PSi2/c1-7-13-31-46(32-14-8-2,33-15-9-3)42-29-23-27-40(37-42)45(44-39-25-21-19-20-22-26-39)41-28-24-30-43(38-41)47(34-16-10-4,35-17-11-5)36-18-12-6;1-7-19-32(20-8-2,21-9-3)29-17-13-15-27(25-29)31-28-16-14-18-30(26-28)33(22-10-4,23-11-5)24-12-6/h23-24,27-30,37-39,44H,7-22,25-26,31-36H2,1-6H3;13-18,25-26,31H,7-12,19-24H2,1-6H3. The van der Waals surface area contributed by atoms with E-state index in [1.807, 2.05) is 0 Å². The summed E-state index contributed by atoms with van der Waals surface area (Å²) >= 11 is 0. The Morgan fingerprint density at radius 1 is 0.338 bits per heavy atom. The zero-order valence-electron chi connectivity index (χ0n) is 54.7. The Morgan fingerprint density at radius 2 is 0.613 bits per heavy atom. The van der Waals surface area contributed by atoms with Crippen LogP contribution in [0.5, 0.6) is 0 Å². The fraction of sp³-hybridized carbons (Fsp3) is 0.671. The summed E-state index contributed by atoms with van der Waals surface area (Å²) in [5, 5.41) is 17.8. The summed E-state index contributed by atoms with van der Waals surface area (Å²) in [5.41, 5.74) is 0. The first kappa shape index (κ1) is 71.1. The van der Waals surface area contributed by atoms with Gasteiger partial charge in [0.2, 0.25) is 0 Å². The summed E-state index contributed by atoms with van der Waals surface area (Å²) < 4.78 is 0. The van der Waals surface area contributed by atoms with Crippen LogP contribution in [-0.4, -0.2) is 38.3 Å². The molecule has 1 saturated carbocycles. The molecule has 1 nitrogen and oxygen atoms in total. The molecule has 1 aliphatic carbocycles. The van der Waals surface area contributed by atoms with Crippen LogP contribution in [0.4, 0.5) is 0 Å². The highest BCUT2D eigenvalue weighted by Gasteiger charge is 2.37. The van der Waals surface area contributed by atoms with E-state index in [-0.39, 0.29) is 0 Å². The fourth-order valence-corrected chi connectivity index (χ4v) is 41.0. The van der Waals surface area contributed by atoms with Crippen molar-refractivity contribution < 1.29 is 0 Å². The SMILES string of the molecule is CCCC[Si](CCCC)(CCCC)c1cccc(P(NC2CCCCCC2)c2cccc([Si](CCCC)(CCCC)CCCC)c2)c1.CCC[Si](CCC)(CCC)c1cccc(Pc2cccc([Si](CCC)(CCC)CCC)c2)c1. The summed E-state index contributed by atoms with van der Waals surface area (Å²) in [5.74, 6) is 0. The lowest BCUT2D eigenvalue weighted by molar-refractivity contribution is 0.548. The van der Waals surface area contributed by atoms with Gasteiger partial charge >= 0.3 is 0 Å². The molecule has 5 rings (SSSR count). The summed E-state index contributed by atoms with van der Waals surface area (Å²) in [4.78, 5) is 0. The van der Waals surface area contributed by atoms with Gasteiger partial charge in [-0.15, -0.1) is 0 Å². The van der Waals surface area contributed by atoms with Gasteiger partial charge in [-0.1, -0.05) is 423 Å². The molecule has 0 atom stereocenters. The molecule has 450 valence electrons. The predicted octanol–water partition coefficient (Wildman–Crippen LogP) is 20.5. The van der Waals surface area contributed by atoms with E-state index < -0.39 is 40.4 Å². The van der Waals surface area contributed by atoms with Gasteiger partial charge in [-0.25, -0.2) is 0 Å². The molecule has 4 aromatic rings. The summed E-state index contributed by atoms with van der Waals surface area (Å²) in [6, 6.07) is 58.8. The minimum absolute atomic E-state index is 0.595. The van der Waals surface area contributed by atoms with Crippen molar-refractivity contribution in [1.82, 2.24) is 5.09 Å². The molecular formula is C73H127NP2Si4. The maximum absolute atomic E-state index is 4.44. The highest BCUT2D eigenvalue weighted by atomic mass is 31.1. The number of hydrogen-bond donors (Lipinski definition) is 1.